The summed E-state index contributed by atoms with van der Waals surface area (Å²) in [5.41, 5.74) is -0.892. The molecular weight excluding hydrogens is 257 g/mol. The Balaban J connectivity index is 2.72. The van der Waals surface area contributed by atoms with Crippen LogP contribution in [0.15, 0.2) is 12.1 Å². The van der Waals surface area contributed by atoms with Crippen molar-refractivity contribution in [3.63, 3.8) is 0 Å². The van der Waals surface area contributed by atoms with Gasteiger partial charge in [-0.25, -0.2) is 4.98 Å². The van der Waals surface area contributed by atoms with Gasteiger partial charge in [-0.3, -0.25) is 0 Å². The lowest BCUT2D eigenvalue weighted by Crippen LogP contribution is -2.18. The standard InChI is InChI=1S/C12H15F3N4/c1-2-17-6-3-7-18-11-9(8-16)4-5-10(19-11)12(13,14)15/h4-5,17H,2-3,6-7H2,1H3,(H,18,19). The van der Waals surface area contributed by atoms with Crippen LogP contribution in [-0.2, 0) is 6.18 Å². The molecule has 1 aromatic rings. The molecule has 19 heavy (non-hydrogen) atoms. The molecule has 104 valence electrons. The van der Waals surface area contributed by atoms with E-state index in [-0.39, 0.29) is 11.4 Å². The van der Waals surface area contributed by atoms with Gasteiger partial charge < -0.3 is 10.6 Å². The Hall–Kier alpha value is -1.81. The molecule has 0 amide bonds. The summed E-state index contributed by atoms with van der Waals surface area (Å²) in [5.74, 6) is -0.0196. The molecule has 1 rings (SSSR count). The monoisotopic (exact) mass is 272 g/mol. The molecule has 0 spiro atoms. The van der Waals surface area contributed by atoms with E-state index in [1.807, 2.05) is 13.0 Å². The van der Waals surface area contributed by atoms with Gasteiger partial charge in [-0.15, -0.1) is 0 Å². The number of pyridine rings is 1. The highest BCUT2D eigenvalue weighted by Gasteiger charge is 2.33. The van der Waals surface area contributed by atoms with Gasteiger partial charge in [-0.2, -0.15) is 18.4 Å². The van der Waals surface area contributed by atoms with Crippen LogP contribution in [0, 0.1) is 11.3 Å². The molecule has 4 nitrogen and oxygen atoms in total. The van der Waals surface area contributed by atoms with E-state index in [9.17, 15) is 13.2 Å². The van der Waals surface area contributed by atoms with Crippen molar-refractivity contribution in [2.75, 3.05) is 25.0 Å². The zero-order valence-corrected chi connectivity index (χ0v) is 10.5. The number of alkyl halides is 3. The maximum atomic E-state index is 12.5. The summed E-state index contributed by atoms with van der Waals surface area (Å²) in [4.78, 5) is 3.45. The first-order valence-electron chi connectivity index (χ1n) is 5.92. The molecule has 0 radical (unpaired) electrons. The highest BCUT2D eigenvalue weighted by Crippen LogP contribution is 2.29. The summed E-state index contributed by atoms with van der Waals surface area (Å²) in [5, 5.41) is 14.7. The molecule has 0 aliphatic heterocycles. The quantitative estimate of drug-likeness (QED) is 0.781. The van der Waals surface area contributed by atoms with Crippen LogP contribution in [0.2, 0.25) is 0 Å². The summed E-state index contributed by atoms with van der Waals surface area (Å²) < 4.78 is 37.5. The summed E-state index contributed by atoms with van der Waals surface area (Å²) in [7, 11) is 0. The number of hydrogen-bond acceptors (Lipinski definition) is 4. The molecule has 0 bridgehead atoms. The number of halogens is 3. The van der Waals surface area contributed by atoms with Crippen LogP contribution in [0.1, 0.15) is 24.6 Å². The summed E-state index contributed by atoms with van der Waals surface area (Å²) in [6, 6.07) is 3.75. The van der Waals surface area contributed by atoms with E-state index in [2.05, 4.69) is 15.6 Å². The lowest BCUT2D eigenvalue weighted by atomic mass is 10.2. The van der Waals surface area contributed by atoms with Gasteiger partial charge in [0.2, 0.25) is 0 Å². The first kappa shape index (κ1) is 15.2. The number of nitrogens with zero attached hydrogens (tertiary/aromatic N) is 2. The van der Waals surface area contributed by atoms with E-state index in [4.69, 9.17) is 5.26 Å². The van der Waals surface area contributed by atoms with Crippen molar-refractivity contribution in [1.82, 2.24) is 10.3 Å². The number of aromatic nitrogens is 1. The van der Waals surface area contributed by atoms with E-state index in [0.717, 1.165) is 31.6 Å². The Morgan fingerprint density at radius 1 is 1.32 bits per heavy atom. The smallest absolute Gasteiger partial charge is 0.369 e. The largest absolute Gasteiger partial charge is 0.433 e. The predicted octanol–water partition coefficient (Wildman–Crippen LogP) is 2.38. The van der Waals surface area contributed by atoms with E-state index >= 15 is 0 Å². The highest BCUT2D eigenvalue weighted by molar-refractivity contribution is 5.52. The Morgan fingerprint density at radius 3 is 2.63 bits per heavy atom. The number of anilines is 1. The molecule has 0 fully saturated rings. The molecular formula is C12H15F3N4. The molecule has 2 N–H and O–H groups in total. The van der Waals surface area contributed by atoms with Crippen LogP contribution >= 0.6 is 0 Å². The molecule has 0 aromatic carbocycles. The van der Waals surface area contributed by atoms with Crippen LogP contribution in [-0.4, -0.2) is 24.6 Å². The average Bonchev–Trinajstić information content (AvgIpc) is 2.37. The average molecular weight is 272 g/mol. The number of hydrogen-bond donors (Lipinski definition) is 2. The summed E-state index contributed by atoms with van der Waals surface area (Å²) in [6.45, 7) is 4.02. The third-order valence-corrected chi connectivity index (χ3v) is 2.38. The Bertz CT molecular complexity index is 451. The minimum atomic E-state index is -4.51. The van der Waals surface area contributed by atoms with Crippen LogP contribution in [0.25, 0.3) is 0 Å². The fourth-order valence-electron chi connectivity index (χ4n) is 1.44. The third-order valence-electron chi connectivity index (χ3n) is 2.38. The second-order valence-corrected chi connectivity index (χ2v) is 3.84. The van der Waals surface area contributed by atoms with Gasteiger partial charge >= 0.3 is 6.18 Å². The van der Waals surface area contributed by atoms with Crippen LogP contribution in [0.3, 0.4) is 0 Å². The second-order valence-electron chi connectivity index (χ2n) is 3.84. The van der Waals surface area contributed by atoms with E-state index < -0.39 is 11.9 Å². The van der Waals surface area contributed by atoms with E-state index in [1.54, 1.807) is 0 Å². The van der Waals surface area contributed by atoms with Crippen molar-refractivity contribution in [3.05, 3.63) is 23.4 Å². The normalized spacial score (nSPS) is 11.1. The van der Waals surface area contributed by atoms with Gasteiger partial charge in [0.25, 0.3) is 0 Å². The molecule has 0 aliphatic rings. The molecule has 0 saturated carbocycles. The van der Waals surface area contributed by atoms with Gasteiger partial charge in [-0.1, -0.05) is 6.92 Å². The lowest BCUT2D eigenvalue weighted by Gasteiger charge is -2.11. The first-order chi connectivity index (χ1) is 8.99. The van der Waals surface area contributed by atoms with Gasteiger partial charge in [0.1, 0.15) is 17.6 Å². The molecule has 0 saturated heterocycles. The molecule has 1 aromatic heterocycles. The number of rotatable bonds is 6. The Labute approximate surface area is 109 Å². The molecule has 0 atom stereocenters. The summed E-state index contributed by atoms with van der Waals surface area (Å²) >= 11 is 0. The topological polar surface area (TPSA) is 60.7 Å². The Morgan fingerprint density at radius 2 is 2.05 bits per heavy atom. The fourth-order valence-corrected chi connectivity index (χ4v) is 1.44. The number of nitrogens with one attached hydrogen (secondary N) is 2. The van der Waals surface area contributed by atoms with Crippen LogP contribution in [0.5, 0.6) is 0 Å². The maximum absolute atomic E-state index is 12.5. The minimum Gasteiger partial charge on any atom is -0.369 e. The Kier molecular flexibility index (Phi) is 5.57. The van der Waals surface area contributed by atoms with Crippen molar-refractivity contribution < 1.29 is 13.2 Å². The highest BCUT2D eigenvalue weighted by atomic mass is 19.4. The molecule has 7 heteroatoms. The van der Waals surface area contributed by atoms with Crippen molar-refractivity contribution in [1.29, 1.82) is 5.26 Å². The lowest BCUT2D eigenvalue weighted by molar-refractivity contribution is -0.141. The SMILES string of the molecule is CCNCCCNc1nc(C(F)(F)F)ccc1C#N. The first-order valence-corrected chi connectivity index (χ1v) is 5.92. The maximum Gasteiger partial charge on any atom is 0.433 e. The van der Waals surface area contributed by atoms with Gasteiger partial charge in [0.05, 0.1) is 5.56 Å². The molecule has 0 unspecified atom stereocenters. The zero-order valence-electron chi connectivity index (χ0n) is 10.5. The van der Waals surface area contributed by atoms with E-state index in [1.165, 1.54) is 0 Å². The van der Waals surface area contributed by atoms with E-state index in [0.29, 0.717) is 6.54 Å². The van der Waals surface area contributed by atoms with Crippen molar-refractivity contribution in [2.24, 2.45) is 0 Å². The van der Waals surface area contributed by atoms with Crippen molar-refractivity contribution >= 4 is 5.82 Å². The van der Waals surface area contributed by atoms with Crippen LogP contribution < -0.4 is 10.6 Å². The van der Waals surface area contributed by atoms with Gasteiger partial charge in [-0.05, 0) is 31.6 Å². The number of nitriles is 1. The predicted molar refractivity (Wildman–Crippen MR) is 65.6 cm³/mol. The molecule has 1 heterocycles. The van der Waals surface area contributed by atoms with Crippen molar-refractivity contribution in [3.8, 4) is 6.07 Å². The summed E-state index contributed by atoms with van der Waals surface area (Å²) in [6.07, 6.45) is -3.77. The van der Waals surface area contributed by atoms with Gasteiger partial charge in [0, 0.05) is 6.54 Å². The minimum absolute atomic E-state index is 0.0196. The second kappa shape index (κ2) is 6.95. The fraction of sp³-hybridized carbons (Fsp3) is 0.500. The van der Waals surface area contributed by atoms with Crippen LogP contribution in [0.4, 0.5) is 19.0 Å². The van der Waals surface area contributed by atoms with Crippen molar-refractivity contribution in [2.45, 2.75) is 19.5 Å². The third kappa shape index (κ3) is 4.75. The zero-order chi connectivity index (χ0) is 14.3. The van der Waals surface area contributed by atoms with Gasteiger partial charge in [0.15, 0.2) is 0 Å². The molecule has 0 aliphatic carbocycles.